The van der Waals surface area contributed by atoms with Crippen molar-refractivity contribution >= 4 is 23.3 Å². The molecular formula is C11H9NO3. The first-order chi connectivity index (χ1) is 7.04. The highest BCUT2D eigenvalue weighted by Gasteiger charge is 2.38. The second kappa shape index (κ2) is 3.02. The normalized spacial score (nSPS) is 14.4. The molecule has 0 saturated heterocycles. The third-order valence-electron chi connectivity index (χ3n) is 2.42. The molecule has 15 heavy (non-hydrogen) atoms. The Hall–Kier alpha value is -1.97. The van der Waals surface area contributed by atoms with Crippen molar-refractivity contribution in [1.82, 2.24) is 0 Å². The Balaban J connectivity index is 2.72. The third kappa shape index (κ3) is 1.18. The van der Waals surface area contributed by atoms with E-state index in [1.54, 1.807) is 25.1 Å². The quantitative estimate of drug-likeness (QED) is 0.592. The molecule has 2 rings (SSSR count). The second-order valence-electron chi connectivity index (χ2n) is 3.46. The topological polar surface area (TPSA) is 54.5 Å². The SMILES string of the molecule is CC(=O)N1C(=O)C(=O)c2cccc(C)c21. The number of nitrogens with zero attached hydrogens (tertiary/aromatic N) is 1. The van der Waals surface area contributed by atoms with E-state index in [0.29, 0.717) is 11.3 Å². The number of fused-ring (bicyclic) bond motifs is 1. The van der Waals surface area contributed by atoms with E-state index in [9.17, 15) is 14.4 Å². The summed E-state index contributed by atoms with van der Waals surface area (Å²) in [5.41, 5.74) is 1.50. The maximum Gasteiger partial charge on any atom is 0.306 e. The number of Topliss-reactive ketones (excluding diaryl/α,β-unsaturated/α-hetero) is 1. The number of amides is 2. The van der Waals surface area contributed by atoms with Crippen LogP contribution in [0.5, 0.6) is 0 Å². The zero-order chi connectivity index (χ0) is 11.2. The van der Waals surface area contributed by atoms with Crippen LogP contribution in [-0.4, -0.2) is 17.6 Å². The molecule has 0 radical (unpaired) electrons. The summed E-state index contributed by atoms with van der Waals surface area (Å²) in [5.74, 6) is -1.79. The standard InChI is InChI=1S/C11H9NO3/c1-6-4-3-5-8-9(6)12(7(2)13)11(15)10(8)14/h3-5H,1-2H3. The first kappa shape index (κ1) is 9.58. The summed E-state index contributed by atoms with van der Waals surface area (Å²) in [4.78, 5) is 35.2. The summed E-state index contributed by atoms with van der Waals surface area (Å²) < 4.78 is 0. The van der Waals surface area contributed by atoms with Gasteiger partial charge in [-0.25, -0.2) is 4.90 Å². The highest BCUT2D eigenvalue weighted by molar-refractivity contribution is 6.56. The molecule has 1 heterocycles. The van der Waals surface area contributed by atoms with E-state index in [4.69, 9.17) is 0 Å². The lowest BCUT2D eigenvalue weighted by Gasteiger charge is -2.13. The van der Waals surface area contributed by atoms with E-state index in [-0.39, 0.29) is 0 Å². The van der Waals surface area contributed by atoms with Gasteiger partial charge in [-0.3, -0.25) is 14.4 Å². The number of hydrogen-bond donors (Lipinski definition) is 0. The fourth-order valence-corrected chi connectivity index (χ4v) is 1.76. The number of carbonyl (C=O) groups is 3. The summed E-state index contributed by atoms with van der Waals surface area (Å²) in [6.45, 7) is 3.04. The van der Waals surface area contributed by atoms with Gasteiger partial charge in [0.2, 0.25) is 5.91 Å². The van der Waals surface area contributed by atoms with Gasteiger partial charge in [0.05, 0.1) is 11.3 Å². The van der Waals surface area contributed by atoms with Crippen LogP contribution in [0.15, 0.2) is 18.2 Å². The molecule has 0 saturated carbocycles. The molecule has 0 atom stereocenters. The fraction of sp³-hybridized carbons (Fsp3) is 0.182. The molecule has 0 N–H and O–H groups in total. The van der Waals surface area contributed by atoms with Gasteiger partial charge in [0.15, 0.2) is 0 Å². The first-order valence-electron chi connectivity index (χ1n) is 4.53. The van der Waals surface area contributed by atoms with Gasteiger partial charge in [0.25, 0.3) is 5.78 Å². The van der Waals surface area contributed by atoms with Gasteiger partial charge < -0.3 is 0 Å². The zero-order valence-corrected chi connectivity index (χ0v) is 8.40. The Bertz CT molecular complexity index is 491. The van der Waals surface area contributed by atoms with Crippen molar-refractivity contribution in [3.63, 3.8) is 0 Å². The highest BCUT2D eigenvalue weighted by atomic mass is 16.2. The van der Waals surface area contributed by atoms with Gasteiger partial charge in [0, 0.05) is 6.92 Å². The van der Waals surface area contributed by atoms with Gasteiger partial charge >= 0.3 is 5.91 Å². The number of anilines is 1. The van der Waals surface area contributed by atoms with Gasteiger partial charge in [0.1, 0.15) is 0 Å². The second-order valence-corrected chi connectivity index (χ2v) is 3.46. The number of para-hydroxylation sites is 1. The van der Waals surface area contributed by atoms with E-state index in [1.165, 1.54) is 6.92 Å². The van der Waals surface area contributed by atoms with Gasteiger partial charge in [-0.1, -0.05) is 12.1 Å². The maximum absolute atomic E-state index is 11.5. The third-order valence-corrected chi connectivity index (χ3v) is 2.42. The molecule has 76 valence electrons. The average Bonchev–Trinajstić information content (AvgIpc) is 2.43. The Morgan fingerprint density at radius 1 is 1.27 bits per heavy atom. The minimum atomic E-state index is -0.758. The van der Waals surface area contributed by atoms with Crippen LogP contribution in [0.25, 0.3) is 0 Å². The van der Waals surface area contributed by atoms with Crippen molar-refractivity contribution in [2.45, 2.75) is 13.8 Å². The molecule has 0 fully saturated rings. The van der Waals surface area contributed by atoms with Gasteiger partial charge in [-0.15, -0.1) is 0 Å². The predicted octanol–water partition coefficient (Wildman–Crippen LogP) is 1.07. The Kier molecular flexibility index (Phi) is 1.93. The van der Waals surface area contributed by atoms with Crippen LogP contribution < -0.4 is 4.90 Å². The molecule has 2 amide bonds. The summed E-state index contributed by atoms with van der Waals surface area (Å²) in [6, 6.07) is 5.02. The number of ketones is 1. The molecule has 4 nitrogen and oxygen atoms in total. The largest absolute Gasteiger partial charge is 0.306 e. The summed E-state index contributed by atoms with van der Waals surface area (Å²) in [7, 11) is 0. The van der Waals surface area contributed by atoms with Crippen molar-refractivity contribution in [2.75, 3.05) is 4.90 Å². The highest BCUT2D eigenvalue weighted by Crippen LogP contribution is 2.31. The van der Waals surface area contributed by atoms with E-state index >= 15 is 0 Å². The van der Waals surface area contributed by atoms with Crippen molar-refractivity contribution < 1.29 is 14.4 Å². The molecule has 1 aliphatic rings. The van der Waals surface area contributed by atoms with Crippen molar-refractivity contribution in [2.24, 2.45) is 0 Å². The Morgan fingerprint density at radius 3 is 2.53 bits per heavy atom. The maximum atomic E-state index is 11.5. The number of hydrogen-bond acceptors (Lipinski definition) is 3. The molecule has 0 aliphatic carbocycles. The van der Waals surface area contributed by atoms with Gasteiger partial charge in [-0.2, -0.15) is 0 Å². The zero-order valence-electron chi connectivity index (χ0n) is 8.40. The number of rotatable bonds is 0. The summed E-state index contributed by atoms with van der Waals surface area (Å²) >= 11 is 0. The monoisotopic (exact) mass is 203 g/mol. The van der Waals surface area contributed by atoms with Crippen LogP contribution >= 0.6 is 0 Å². The summed E-state index contributed by atoms with van der Waals surface area (Å²) in [6.07, 6.45) is 0. The molecule has 1 aromatic carbocycles. The lowest BCUT2D eigenvalue weighted by Crippen LogP contribution is -2.34. The van der Waals surface area contributed by atoms with E-state index in [2.05, 4.69) is 0 Å². The van der Waals surface area contributed by atoms with Crippen molar-refractivity contribution in [3.8, 4) is 0 Å². The van der Waals surface area contributed by atoms with Crippen molar-refractivity contribution in [1.29, 1.82) is 0 Å². The molecular weight excluding hydrogens is 194 g/mol. The van der Waals surface area contributed by atoms with E-state index in [1.807, 2.05) is 0 Å². The molecule has 0 unspecified atom stereocenters. The Morgan fingerprint density at radius 2 is 1.93 bits per heavy atom. The van der Waals surface area contributed by atoms with Crippen LogP contribution in [0, 0.1) is 6.92 Å². The fourth-order valence-electron chi connectivity index (χ4n) is 1.76. The van der Waals surface area contributed by atoms with Crippen LogP contribution in [0.4, 0.5) is 5.69 Å². The van der Waals surface area contributed by atoms with Crippen LogP contribution in [0.2, 0.25) is 0 Å². The molecule has 0 spiro atoms. The lowest BCUT2D eigenvalue weighted by atomic mass is 10.1. The minimum absolute atomic E-state index is 0.315. The number of aryl methyl sites for hydroxylation is 1. The Labute approximate surface area is 86.5 Å². The average molecular weight is 203 g/mol. The minimum Gasteiger partial charge on any atom is -0.283 e. The van der Waals surface area contributed by atoms with Crippen LogP contribution in [0.1, 0.15) is 22.8 Å². The molecule has 0 aromatic heterocycles. The predicted molar refractivity (Wildman–Crippen MR) is 53.7 cm³/mol. The van der Waals surface area contributed by atoms with Crippen LogP contribution in [-0.2, 0) is 9.59 Å². The number of carbonyl (C=O) groups excluding carboxylic acids is 3. The van der Waals surface area contributed by atoms with Gasteiger partial charge in [-0.05, 0) is 18.6 Å². The van der Waals surface area contributed by atoms with E-state index in [0.717, 1.165) is 10.5 Å². The smallest absolute Gasteiger partial charge is 0.283 e. The molecule has 4 heteroatoms. The van der Waals surface area contributed by atoms with E-state index < -0.39 is 17.6 Å². The molecule has 0 bridgehead atoms. The van der Waals surface area contributed by atoms with Crippen molar-refractivity contribution in [3.05, 3.63) is 29.3 Å². The summed E-state index contributed by atoms with van der Waals surface area (Å²) in [5, 5.41) is 0. The number of imide groups is 1. The molecule has 1 aliphatic heterocycles. The number of benzene rings is 1. The molecule has 1 aromatic rings. The first-order valence-corrected chi connectivity index (χ1v) is 4.53. The van der Waals surface area contributed by atoms with Crippen LogP contribution in [0.3, 0.4) is 0 Å². The lowest BCUT2D eigenvalue weighted by molar-refractivity contribution is -0.122.